The van der Waals surface area contributed by atoms with E-state index in [1.807, 2.05) is 12.1 Å². The van der Waals surface area contributed by atoms with Crippen LogP contribution in [0.4, 0.5) is 0 Å². The zero-order valence-corrected chi connectivity index (χ0v) is 21.5. The number of phenols is 1. The molecule has 2 aromatic rings. The third kappa shape index (κ3) is 8.36. The van der Waals surface area contributed by atoms with Gasteiger partial charge in [-0.2, -0.15) is 0 Å². The van der Waals surface area contributed by atoms with Gasteiger partial charge in [0.15, 0.2) is 0 Å². The van der Waals surface area contributed by atoms with E-state index in [2.05, 4.69) is 31.2 Å². The first kappa shape index (κ1) is 26.6. The smallest absolute Gasteiger partial charge is 0.500 e. The van der Waals surface area contributed by atoms with Crippen molar-refractivity contribution in [3.05, 3.63) is 53.6 Å². The van der Waals surface area contributed by atoms with Crippen LogP contribution in [0.1, 0.15) is 69.4 Å². The van der Waals surface area contributed by atoms with Gasteiger partial charge in [0.05, 0.1) is 0 Å². The van der Waals surface area contributed by atoms with Gasteiger partial charge in [0, 0.05) is 27.4 Å². The second-order valence-corrected chi connectivity index (χ2v) is 11.6. The van der Waals surface area contributed by atoms with Crippen molar-refractivity contribution in [2.75, 3.05) is 21.3 Å². The van der Waals surface area contributed by atoms with Crippen LogP contribution in [0.2, 0.25) is 6.04 Å². The molecule has 0 fully saturated rings. The van der Waals surface area contributed by atoms with Gasteiger partial charge < -0.3 is 18.4 Å². The lowest BCUT2D eigenvalue weighted by atomic mass is 9.95. The van der Waals surface area contributed by atoms with Gasteiger partial charge in [0.25, 0.3) is 0 Å². The Bertz CT molecular complexity index is 763. The fourth-order valence-electron chi connectivity index (χ4n) is 4.26. The topological polar surface area (TPSA) is 47.9 Å². The van der Waals surface area contributed by atoms with Gasteiger partial charge in [-0.3, -0.25) is 0 Å². The summed E-state index contributed by atoms with van der Waals surface area (Å²) in [5.74, 6) is 0.299. The van der Waals surface area contributed by atoms with E-state index in [0.717, 1.165) is 30.9 Å². The summed E-state index contributed by atoms with van der Waals surface area (Å²) in [6.07, 6.45) is 12.2. The summed E-state index contributed by atoms with van der Waals surface area (Å²) < 4.78 is 16.6. The highest BCUT2D eigenvalue weighted by molar-refractivity contribution is 6.60. The summed E-state index contributed by atoms with van der Waals surface area (Å²) in [6.45, 7) is 2.26. The van der Waals surface area contributed by atoms with Crippen LogP contribution in [0.25, 0.3) is 11.1 Å². The molecule has 5 heteroatoms. The molecule has 0 amide bonds. The molecular weight excluding hydrogens is 416 g/mol. The standard InChI is InChI=1S/C27H42O4Si/c1-5-6-7-8-9-10-11-13-23-15-17-24(18-16-23)27-20-19-26(28)22-25(27)14-12-21-32(29-2,30-3)31-4/h15-20,22,28H,5-14,21H2,1-4H3. The van der Waals surface area contributed by atoms with Crippen molar-refractivity contribution >= 4 is 8.80 Å². The van der Waals surface area contributed by atoms with Gasteiger partial charge in [-0.1, -0.05) is 75.8 Å². The van der Waals surface area contributed by atoms with Crippen molar-refractivity contribution in [1.29, 1.82) is 0 Å². The van der Waals surface area contributed by atoms with Crippen molar-refractivity contribution in [2.24, 2.45) is 0 Å². The first-order valence-corrected chi connectivity index (χ1v) is 14.1. The Morgan fingerprint density at radius 2 is 1.34 bits per heavy atom. The molecule has 0 aliphatic rings. The zero-order chi connectivity index (χ0) is 23.2. The van der Waals surface area contributed by atoms with E-state index in [1.165, 1.54) is 61.6 Å². The third-order valence-electron chi connectivity index (χ3n) is 6.28. The maximum absolute atomic E-state index is 10.0. The van der Waals surface area contributed by atoms with Crippen LogP contribution in [-0.4, -0.2) is 35.2 Å². The molecule has 1 N–H and O–H groups in total. The molecule has 4 nitrogen and oxygen atoms in total. The zero-order valence-electron chi connectivity index (χ0n) is 20.5. The summed E-state index contributed by atoms with van der Waals surface area (Å²) in [5.41, 5.74) is 4.90. The Balaban J connectivity index is 1.95. The minimum absolute atomic E-state index is 0.299. The molecule has 0 aliphatic carbocycles. The van der Waals surface area contributed by atoms with Crippen LogP contribution >= 0.6 is 0 Å². The minimum Gasteiger partial charge on any atom is -0.508 e. The summed E-state index contributed by atoms with van der Waals surface area (Å²) >= 11 is 0. The van der Waals surface area contributed by atoms with Crippen molar-refractivity contribution in [2.45, 2.75) is 77.2 Å². The fourth-order valence-corrected chi connectivity index (χ4v) is 5.98. The molecular formula is C27H42O4Si. The molecule has 32 heavy (non-hydrogen) atoms. The van der Waals surface area contributed by atoms with Gasteiger partial charge in [0.2, 0.25) is 0 Å². The highest BCUT2D eigenvalue weighted by atomic mass is 28.4. The normalized spacial score (nSPS) is 11.8. The van der Waals surface area contributed by atoms with E-state index < -0.39 is 8.80 Å². The number of rotatable bonds is 16. The highest BCUT2D eigenvalue weighted by Gasteiger charge is 2.36. The summed E-state index contributed by atoms with van der Waals surface area (Å²) in [6, 6.07) is 15.3. The molecule has 0 spiro atoms. The summed E-state index contributed by atoms with van der Waals surface area (Å²) in [5, 5.41) is 10.0. The van der Waals surface area contributed by atoms with E-state index in [0.29, 0.717) is 5.75 Å². The van der Waals surface area contributed by atoms with E-state index in [9.17, 15) is 5.11 Å². The number of benzene rings is 2. The molecule has 0 unspecified atom stereocenters. The van der Waals surface area contributed by atoms with E-state index in [1.54, 1.807) is 27.4 Å². The molecule has 0 saturated carbocycles. The molecule has 0 bridgehead atoms. The molecule has 0 saturated heterocycles. The maximum Gasteiger partial charge on any atom is 0.500 e. The van der Waals surface area contributed by atoms with Crippen LogP contribution in [0.5, 0.6) is 5.75 Å². The molecule has 2 rings (SSSR count). The number of hydrogen-bond acceptors (Lipinski definition) is 4. The lowest BCUT2D eigenvalue weighted by Crippen LogP contribution is -2.42. The van der Waals surface area contributed by atoms with E-state index in [-0.39, 0.29) is 0 Å². The molecule has 0 radical (unpaired) electrons. The van der Waals surface area contributed by atoms with Gasteiger partial charge >= 0.3 is 8.80 Å². The summed E-state index contributed by atoms with van der Waals surface area (Å²) in [4.78, 5) is 0. The molecule has 0 aliphatic heterocycles. The third-order valence-corrected chi connectivity index (χ3v) is 9.12. The first-order valence-electron chi connectivity index (χ1n) is 12.1. The maximum atomic E-state index is 10.0. The molecule has 0 heterocycles. The first-order chi connectivity index (χ1) is 15.6. The molecule has 2 aromatic carbocycles. The van der Waals surface area contributed by atoms with Gasteiger partial charge in [0.1, 0.15) is 5.75 Å². The van der Waals surface area contributed by atoms with Gasteiger partial charge in [-0.25, -0.2) is 0 Å². The lowest BCUT2D eigenvalue weighted by molar-refractivity contribution is 0.123. The molecule has 178 valence electrons. The Hall–Kier alpha value is -1.66. The lowest BCUT2D eigenvalue weighted by Gasteiger charge is -2.24. The number of unbranched alkanes of at least 4 members (excludes halogenated alkanes) is 6. The van der Waals surface area contributed by atoms with Crippen molar-refractivity contribution < 1.29 is 18.4 Å². The number of hydrogen-bond donors (Lipinski definition) is 1. The average molecular weight is 459 g/mol. The van der Waals surface area contributed by atoms with Crippen LogP contribution in [0, 0.1) is 0 Å². The van der Waals surface area contributed by atoms with Crippen molar-refractivity contribution in [3.8, 4) is 16.9 Å². The fraction of sp³-hybridized carbons (Fsp3) is 0.556. The van der Waals surface area contributed by atoms with Gasteiger partial charge in [-0.05, 0) is 60.1 Å². The van der Waals surface area contributed by atoms with E-state index >= 15 is 0 Å². The minimum atomic E-state index is -2.58. The van der Waals surface area contributed by atoms with Gasteiger partial charge in [-0.15, -0.1) is 0 Å². The Labute approximate surface area is 196 Å². The highest BCUT2D eigenvalue weighted by Crippen LogP contribution is 2.30. The van der Waals surface area contributed by atoms with Crippen LogP contribution in [-0.2, 0) is 26.1 Å². The predicted molar refractivity (Wildman–Crippen MR) is 135 cm³/mol. The second kappa shape index (κ2) is 14.5. The Kier molecular flexibility index (Phi) is 12.0. The Morgan fingerprint density at radius 1 is 0.719 bits per heavy atom. The average Bonchev–Trinajstić information content (AvgIpc) is 2.82. The predicted octanol–water partition coefficient (Wildman–Crippen LogP) is 7.16. The monoisotopic (exact) mass is 458 g/mol. The van der Waals surface area contributed by atoms with Crippen molar-refractivity contribution in [3.63, 3.8) is 0 Å². The number of aryl methyl sites for hydroxylation is 2. The summed E-state index contributed by atoms with van der Waals surface area (Å²) in [7, 11) is 2.36. The number of phenolic OH excluding ortho intramolecular Hbond substituents is 1. The van der Waals surface area contributed by atoms with Crippen LogP contribution in [0.3, 0.4) is 0 Å². The molecule has 0 aromatic heterocycles. The van der Waals surface area contributed by atoms with Crippen LogP contribution < -0.4 is 0 Å². The Morgan fingerprint density at radius 3 is 1.97 bits per heavy atom. The number of aromatic hydroxyl groups is 1. The second-order valence-electron chi connectivity index (χ2n) is 8.56. The van der Waals surface area contributed by atoms with E-state index in [4.69, 9.17) is 13.3 Å². The quantitative estimate of drug-likeness (QED) is 0.214. The SMILES string of the molecule is CCCCCCCCCc1ccc(-c2ccc(O)cc2CCC[Si](OC)(OC)OC)cc1. The molecule has 0 atom stereocenters. The van der Waals surface area contributed by atoms with Crippen molar-refractivity contribution in [1.82, 2.24) is 0 Å². The van der Waals surface area contributed by atoms with Crippen LogP contribution in [0.15, 0.2) is 42.5 Å². The largest absolute Gasteiger partial charge is 0.508 e.